The summed E-state index contributed by atoms with van der Waals surface area (Å²) in [5.41, 5.74) is -0.489. The van der Waals surface area contributed by atoms with Crippen LogP contribution in [0.4, 0.5) is 11.4 Å². The van der Waals surface area contributed by atoms with Crippen molar-refractivity contribution in [2.75, 3.05) is 10.3 Å². The van der Waals surface area contributed by atoms with E-state index in [9.17, 15) is 14.4 Å². The van der Waals surface area contributed by atoms with E-state index in [1.54, 1.807) is 36.5 Å². The molecule has 2 N–H and O–H groups in total. The first kappa shape index (κ1) is 38.3. The number of ether oxygens (including phenoxy) is 1. The number of hydrogen-bond acceptors (Lipinski definition) is 6. The van der Waals surface area contributed by atoms with Crippen LogP contribution >= 0.6 is 34.8 Å². The highest BCUT2D eigenvalue weighted by atomic mass is 35.5. The van der Waals surface area contributed by atoms with Crippen molar-refractivity contribution in [3.05, 3.63) is 75.5 Å². The quantitative estimate of drug-likeness (QED) is 0.199. The highest BCUT2D eigenvalue weighted by molar-refractivity contribution is 6.43. The van der Waals surface area contributed by atoms with Crippen LogP contribution in [0, 0.1) is 22.7 Å². The van der Waals surface area contributed by atoms with Gasteiger partial charge in [-0.15, -0.1) is 5.10 Å². The zero-order chi connectivity index (χ0) is 37.8. The van der Waals surface area contributed by atoms with Crippen LogP contribution in [0.2, 0.25) is 15.1 Å². The van der Waals surface area contributed by atoms with Crippen LogP contribution in [-0.2, 0) is 14.3 Å². The fourth-order valence-corrected chi connectivity index (χ4v) is 9.25. The smallest absolute Gasteiger partial charge is 0.280 e. The van der Waals surface area contributed by atoms with E-state index in [4.69, 9.17) is 39.5 Å². The van der Waals surface area contributed by atoms with Crippen LogP contribution in [0.25, 0.3) is 0 Å². The largest absolute Gasteiger partial charge is 0.352 e. The Morgan fingerprint density at radius 1 is 0.981 bits per heavy atom. The predicted octanol–water partition coefficient (Wildman–Crippen LogP) is 9.32. The lowest BCUT2D eigenvalue weighted by atomic mass is 9.54. The molecule has 0 bridgehead atoms. The minimum absolute atomic E-state index is 0.0138. The van der Waals surface area contributed by atoms with Gasteiger partial charge in [0.15, 0.2) is 17.5 Å². The summed E-state index contributed by atoms with van der Waals surface area (Å²) in [6, 6.07) is 10.1. The van der Waals surface area contributed by atoms with Gasteiger partial charge in [-0.25, -0.2) is 0 Å². The SMILES string of the molecule is CCC(C)(C)C1CCC2(OC2(CC)C(=O)Nc2cccc(C(=O)NC3=NN(c4c(Cl)cc(Cl)cc4Cl)C(=O)C3n3cccn3)c2)C(C(C)(C)CC)C1. The maximum absolute atomic E-state index is 14.3. The Kier molecular flexibility index (Phi) is 10.4. The molecule has 13 heteroatoms. The highest BCUT2D eigenvalue weighted by Crippen LogP contribution is 2.67. The number of carbonyl (C=O) groups is 3. The molecule has 5 atom stereocenters. The van der Waals surface area contributed by atoms with Crippen LogP contribution in [-0.4, -0.2) is 44.5 Å². The maximum Gasteiger partial charge on any atom is 0.280 e. The van der Waals surface area contributed by atoms with Gasteiger partial charge in [-0.05, 0) is 84.7 Å². The van der Waals surface area contributed by atoms with Gasteiger partial charge >= 0.3 is 0 Å². The number of epoxide rings is 1. The van der Waals surface area contributed by atoms with Crippen LogP contribution in [0.3, 0.4) is 0 Å². The molecule has 1 aromatic heterocycles. The molecule has 0 radical (unpaired) electrons. The number of aromatic nitrogens is 2. The Bertz CT molecular complexity index is 1890. The normalized spacial score (nSPS) is 26.0. The number of nitrogens with one attached hydrogen (secondary N) is 2. The van der Waals surface area contributed by atoms with Gasteiger partial charge in [0, 0.05) is 28.7 Å². The van der Waals surface area contributed by atoms with Gasteiger partial charge in [0.1, 0.15) is 11.3 Å². The number of rotatable bonds is 10. The minimum Gasteiger partial charge on any atom is -0.352 e. The molecule has 3 aliphatic rings. The summed E-state index contributed by atoms with van der Waals surface area (Å²) in [5, 5.41) is 16.1. The average Bonchev–Trinajstić information content (AvgIpc) is 3.33. The molecule has 6 rings (SSSR count). The average molecular weight is 770 g/mol. The molecule has 1 spiro atoms. The van der Waals surface area contributed by atoms with Crippen molar-refractivity contribution >= 4 is 69.7 Å². The first-order chi connectivity index (χ1) is 24.5. The predicted molar refractivity (Wildman–Crippen MR) is 206 cm³/mol. The molecule has 3 amide bonds. The molecule has 1 saturated heterocycles. The van der Waals surface area contributed by atoms with E-state index in [0.29, 0.717) is 23.0 Å². The minimum atomic E-state index is -1.10. The molecular formula is C39H47Cl3N6O4. The number of hydrogen-bond donors (Lipinski definition) is 2. The zero-order valence-corrected chi connectivity index (χ0v) is 33.0. The van der Waals surface area contributed by atoms with E-state index in [1.807, 2.05) is 6.92 Å². The maximum atomic E-state index is 14.3. The van der Waals surface area contributed by atoms with E-state index >= 15 is 0 Å². The molecule has 3 aromatic rings. The van der Waals surface area contributed by atoms with Crippen LogP contribution in [0.15, 0.2) is 60.0 Å². The summed E-state index contributed by atoms with van der Waals surface area (Å²) in [6.07, 6.45) is 8.60. The second-order valence-corrected chi connectivity index (χ2v) is 16.9. The van der Waals surface area contributed by atoms with Crippen molar-refractivity contribution in [2.45, 2.75) is 104 Å². The Morgan fingerprint density at radius 3 is 2.29 bits per heavy atom. The van der Waals surface area contributed by atoms with E-state index in [0.717, 1.165) is 37.1 Å². The summed E-state index contributed by atoms with van der Waals surface area (Å²) in [7, 11) is 0. The van der Waals surface area contributed by atoms with Crippen molar-refractivity contribution in [1.29, 1.82) is 0 Å². The third-order valence-electron chi connectivity index (χ3n) is 12.2. The number of amides is 3. The molecule has 5 unspecified atom stereocenters. The van der Waals surface area contributed by atoms with Gasteiger partial charge in [0.25, 0.3) is 17.7 Å². The highest BCUT2D eigenvalue weighted by Gasteiger charge is 2.78. The number of nitrogens with zero attached hydrogens (tertiary/aromatic N) is 4. The second kappa shape index (κ2) is 14.1. The molecule has 10 nitrogen and oxygen atoms in total. The van der Waals surface area contributed by atoms with Crippen LogP contribution < -0.4 is 15.6 Å². The Labute approximate surface area is 320 Å². The lowest BCUT2D eigenvalue weighted by Gasteiger charge is -2.48. The van der Waals surface area contributed by atoms with Crippen LogP contribution in [0.5, 0.6) is 0 Å². The van der Waals surface area contributed by atoms with Gasteiger partial charge in [-0.3, -0.25) is 19.1 Å². The summed E-state index contributed by atoms with van der Waals surface area (Å²) >= 11 is 19.0. The zero-order valence-electron chi connectivity index (χ0n) is 30.7. The molecule has 52 heavy (non-hydrogen) atoms. The van der Waals surface area contributed by atoms with E-state index in [-0.39, 0.29) is 49.8 Å². The third-order valence-corrected chi connectivity index (χ3v) is 13.0. The number of halogens is 3. The van der Waals surface area contributed by atoms with Crippen molar-refractivity contribution in [1.82, 2.24) is 15.1 Å². The van der Waals surface area contributed by atoms with Crippen LogP contribution in [0.1, 0.15) is 103 Å². The van der Waals surface area contributed by atoms with Gasteiger partial charge in [0.05, 0.1) is 10.0 Å². The first-order valence-electron chi connectivity index (χ1n) is 18.0. The lowest BCUT2D eigenvalue weighted by molar-refractivity contribution is -0.121. The van der Waals surface area contributed by atoms with Crippen molar-refractivity contribution < 1.29 is 19.1 Å². The Hall–Kier alpha value is -3.44. The van der Waals surface area contributed by atoms with Gasteiger partial charge in [-0.2, -0.15) is 10.1 Å². The molecule has 3 heterocycles. The monoisotopic (exact) mass is 768 g/mol. The van der Waals surface area contributed by atoms with Crippen molar-refractivity contribution in [2.24, 2.45) is 27.8 Å². The molecule has 1 saturated carbocycles. The van der Waals surface area contributed by atoms with E-state index < -0.39 is 29.1 Å². The second-order valence-electron chi connectivity index (χ2n) is 15.6. The Balaban J connectivity index is 1.24. The standard InChI is InChI=1S/C39H47Cl3N6O4/c1-8-36(4,5)24-15-16-39(29(20-24)37(6,7)9-2)38(10-3,52-39)35(51)44-26-14-11-13-23(19-26)33(49)45-32-31(47-18-12-17-43-47)34(50)48(46-32)30-27(41)21-25(40)22-28(30)42/h11-14,17-19,21-22,24,29,31H,8-10,15-16,20H2,1-7H3,(H,44,51)(H,45,46,49). The molecule has 1 aliphatic carbocycles. The molecule has 2 aliphatic heterocycles. The molecule has 2 fully saturated rings. The number of hydrazone groups is 1. The van der Waals surface area contributed by atoms with Gasteiger partial charge in [0.2, 0.25) is 0 Å². The summed E-state index contributed by atoms with van der Waals surface area (Å²) in [4.78, 5) is 41.8. The number of anilines is 2. The number of benzene rings is 2. The third kappa shape index (κ3) is 6.54. The fourth-order valence-electron chi connectivity index (χ4n) is 8.28. The summed E-state index contributed by atoms with van der Waals surface area (Å²) < 4.78 is 8.11. The summed E-state index contributed by atoms with van der Waals surface area (Å²) in [6.45, 7) is 15.8. The van der Waals surface area contributed by atoms with E-state index in [1.165, 1.54) is 23.0 Å². The van der Waals surface area contributed by atoms with Crippen molar-refractivity contribution in [3.63, 3.8) is 0 Å². The first-order valence-corrected chi connectivity index (χ1v) is 19.2. The summed E-state index contributed by atoms with van der Waals surface area (Å²) in [5.74, 6) is -0.496. The number of carbonyl (C=O) groups excluding carboxylic acids is 3. The van der Waals surface area contributed by atoms with Gasteiger partial charge < -0.3 is 15.4 Å². The topological polar surface area (TPSA) is 121 Å². The Morgan fingerprint density at radius 2 is 1.67 bits per heavy atom. The van der Waals surface area contributed by atoms with E-state index in [2.05, 4.69) is 62.4 Å². The fraction of sp³-hybridized carbons (Fsp3) is 0.513. The number of amidine groups is 1. The molecule has 278 valence electrons. The molecular weight excluding hydrogens is 723 g/mol. The van der Waals surface area contributed by atoms with Gasteiger partial charge in [-0.1, -0.05) is 102 Å². The van der Waals surface area contributed by atoms with Crippen molar-refractivity contribution in [3.8, 4) is 0 Å². The lowest BCUT2D eigenvalue weighted by Crippen LogP contribution is -2.50. The molecule has 2 aromatic carbocycles.